The number of methoxy groups -OCH3 is 2. The van der Waals surface area contributed by atoms with E-state index in [0.29, 0.717) is 5.57 Å². The molecule has 0 radical (unpaired) electrons. The van der Waals surface area contributed by atoms with Gasteiger partial charge in [0.2, 0.25) is 0 Å². The van der Waals surface area contributed by atoms with Gasteiger partial charge in [0.15, 0.2) is 19.7 Å². The predicted molar refractivity (Wildman–Crippen MR) is 170 cm³/mol. The first-order valence-electron chi connectivity index (χ1n) is 13.8. The van der Waals surface area contributed by atoms with E-state index in [0.717, 1.165) is 0 Å². The van der Waals surface area contributed by atoms with Gasteiger partial charge in [0.05, 0.1) is 46.6 Å². The van der Waals surface area contributed by atoms with Crippen LogP contribution in [0.4, 0.5) is 0 Å². The maximum Gasteiger partial charge on any atom is 0.337 e. The molecule has 0 saturated carbocycles. The summed E-state index contributed by atoms with van der Waals surface area (Å²) in [5, 5.41) is 0. The number of esters is 2. The molecule has 0 atom stereocenters. The van der Waals surface area contributed by atoms with Gasteiger partial charge in [-0.15, -0.1) is 0 Å². The average molecular weight is 665 g/mol. The first-order valence-corrected chi connectivity index (χ1v) is 17.1. The summed E-state index contributed by atoms with van der Waals surface area (Å²) in [6, 6.07) is 24.5. The van der Waals surface area contributed by atoms with Crippen LogP contribution in [-0.4, -0.2) is 56.2 Å². The molecule has 0 spiro atoms. The highest BCUT2D eigenvalue weighted by Crippen LogP contribution is 2.28. The number of carbonyl (C=O) groups is 2. The van der Waals surface area contributed by atoms with E-state index in [1.807, 2.05) is 0 Å². The van der Waals surface area contributed by atoms with Gasteiger partial charge in [-0.1, -0.05) is 43.0 Å². The Hall–Kier alpha value is -4.94. The Morgan fingerprint density at radius 1 is 0.587 bits per heavy atom. The number of ether oxygens (including phenoxy) is 4. The second-order valence-corrected chi connectivity index (χ2v) is 14.1. The lowest BCUT2D eigenvalue weighted by Crippen LogP contribution is -2.13. The highest BCUT2D eigenvalue weighted by atomic mass is 32.2. The lowest BCUT2D eigenvalue weighted by Gasteiger charge is -2.16. The zero-order valence-corrected chi connectivity index (χ0v) is 26.8. The largest absolute Gasteiger partial charge is 0.489 e. The molecule has 0 saturated heterocycles. The first-order chi connectivity index (χ1) is 21.9. The van der Waals surface area contributed by atoms with Gasteiger partial charge in [-0.25, -0.2) is 26.4 Å². The molecular formula is C34H32O10S2. The molecule has 0 heterocycles. The molecule has 0 amide bonds. The van der Waals surface area contributed by atoms with E-state index in [1.165, 1.54) is 74.9 Å². The van der Waals surface area contributed by atoms with Crippen LogP contribution in [0.15, 0.2) is 119 Å². The molecule has 12 heteroatoms. The molecule has 0 aliphatic rings. The van der Waals surface area contributed by atoms with Crippen LogP contribution in [0.5, 0.6) is 11.5 Å². The first kappa shape index (κ1) is 33.9. The van der Waals surface area contributed by atoms with Crippen LogP contribution >= 0.6 is 0 Å². The van der Waals surface area contributed by atoms with Crippen LogP contribution in [0.3, 0.4) is 0 Å². The van der Waals surface area contributed by atoms with Crippen molar-refractivity contribution < 1.29 is 45.4 Å². The summed E-state index contributed by atoms with van der Waals surface area (Å²) in [5.74, 6) is -1.72. The normalized spacial score (nSPS) is 11.3. The van der Waals surface area contributed by atoms with Crippen LogP contribution in [0.1, 0.15) is 31.8 Å². The standard InChI is InChI=1S/C34H32O10S2/c1-24(20-43-31-16-14-25(33(35)41-2)18-27(31)22-45(37,38)29-10-6-4-7-11-29)21-44-32-17-15-26(34(36)42-3)19-28(32)23-46(39,40)30-12-8-5-9-13-30/h4-19H,1,20-23H2,2-3H3. The molecule has 0 bridgehead atoms. The van der Waals surface area contributed by atoms with E-state index in [-0.39, 0.29) is 56.8 Å². The molecule has 4 rings (SSSR count). The minimum absolute atomic E-state index is 0.0894. The molecule has 0 unspecified atom stereocenters. The van der Waals surface area contributed by atoms with Crippen molar-refractivity contribution in [3.8, 4) is 11.5 Å². The van der Waals surface area contributed by atoms with Gasteiger partial charge in [0, 0.05) is 11.1 Å². The van der Waals surface area contributed by atoms with E-state index in [4.69, 9.17) is 18.9 Å². The van der Waals surface area contributed by atoms with E-state index in [9.17, 15) is 26.4 Å². The molecule has 240 valence electrons. The van der Waals surface area contributed by atoms with Crippen molar-refractivity contribution in [2.75, 3.05) is 27.4 Å². The van der Waals surface area contributed by atoms with Crippen LogP contribution in [0, 0.1) is 0 Å². The second-order valence-electron chi connectivity index (χ2n) is 10.1. The number of carbonyl (C=O) groups excluding carboxylic acids is 2. The average Bonchev–Trinajstić information content (AvgIpc) is 3.06. The van der Waals surface area contributed by atoms with Crippen molar-refractivity contribution in [3.63, 3.8) is 0 Å². The minimum atomic E-state index is -3.78. The zero-order chi connectivity index (χ0) is 33.3. The van der Waals surface area contributed by atoms with Crippen molar-refractivity contribution in [2.24, 2.45) is 0 Å². The third kappa shape index (κ3) is 8.61. The summed E-state index contributed by atoms with van der Waals surface area (Å²) < 4.78 is 73.9. The topological polar surface area (TPSA) is 139 Å². The predicted octanol–water partition coefficient (Wildman–Crippen LogP) is 5.22. The van der Waals surface area contributed by atoms with Gasteiger partial charge in [-0.3, -0.25) is 0 Å². The monoisotopic (exact) mass is 664 g/mol. The molecular weight excluding hydrogens is 632 g/mol. The van der Waals surface area contributed by atoms with Gasteiger partial charge in [-0.2, -0.15) is 0 Å². The Balaban J connectivity index is 1.51. The fraction of sp³-hybridized carbons (Fsp3) is 0.176. The summed E-state index contributed by atoms with van der Waals surface area (Å²) in [4.78, 5) is 24.6. The Morgan fingerprint density at radius 2 is 0.957 bits per heavy atom. The molecule has 0 fully saturated rings. The van der Waals surface area contributed by atoms with Gasteiger partial charge in [0.25, 0.3) is 0 Å². The van der Waals surface area contributed by atoms with Crippen molar-refractivity contribution >= 4 is 31.6 Å². The van der Waals surface area contributed by atoms with E-state index >= 15 is 0 Å². The third-order valence-electron chi connectivity index (χ3n) is 6.72. The van der Waals surface area contributed by atoms with E-state index in [1.54, 1.807) is 36.4 Å². The highest BCUT2D eigenvalue weighted by molar-refractivity contribution is 7.91. The third-order valence-corrected chi connectivity index (χ3v) is 10.1. The summed E-state index contributed by atoms with van der Waals surface area (Å²) >= 11 is 0. The van der Waals surface area contributed by atoms with Crippen molar-refractivity contribution in [3.05, 3.63) is 131 Å². The number of rotatable bonds is 14. The van der Waals surface area contributed by atoms with Crippen LogP contribution < -0.4 is 9.47 Å². The fourth-order valence-corrected chi connectivity index (χ4v) is 7.14. The summed E-state index contributed by atoms with van der Waals surface area (Å²) in [6.07, 6.45) is 0. The van der Waals surface area contributed by atoms with Crippen LogP contribution in [0.25, 0.3) is 0 Å². The minimum Gasteiger partial charge on any atom is -0.489 e. The summed E-state index contributed by atoms with van der Waals surface area (Å²) in [5.41, 5.74) is 1.23. The molecule has 10 nitrogen and oxygen atoms in total. The summed E-state index contributed by atoms with van der Waals surface area (Å²) in [7, 11) is -5.12. The van der Waals surface area contributed by atoms with Crippen molar-refractivity contribution in [1.82, 2.24) is 0 Å². The summed E-state index contributed by atoms with van der Waals surface area (Å²) in [6.45, 7) is 3.79. The quantitative estimate of drug-likeness (QED) is 0.130. The molecule has 0 aromatic heterocycles. The molecule has 0 aliphatic heterocycles. The highest BCUT2D eigenvalue weighted by Gasteiger charge is 2.22. The van der Waals surface area contributed by atoms with E-state index < -0.39 is 43.1 Å². The van der Waals surface area contributed by atoms with Gasteiger partial charge in [0.1, 0.15) is 24.7 Å². The maximum atomic E-state index is 13.1. The fourth-order valence-electron chi connectivity index (χ4n) is 4.39. The Kier molecular flexibility index (Phi) is 11.0. The lowest BCUT2D eigenvalue weighted by molar-refractivity contribution is 0.0591. The molecule has 46 heavy (non-hydrogen) atoms. The van der Waals surface area contributed by atoms with Gasteiger partial charge >= 0.3 is 11.9 Å². The molecule has 0 aliphatic carbocycles. The Morgan fingerprint density at radius 3 is 1.30 bits per heavy atom. The maximum absolute atomic E-state index is 13.1. The molecule has 0 N–H and O–H groups in total. The number of benzene rings is 4. The van der Waals surface area contributed by atoms with Crippen LogP contribution in [-0.2, 0) is 40.7 Å². The van der Waals surface area contributed by atoms with E-state index in [2.05, 4.69) is 6.58 Å². The second kappa shape index (κ2) is 14.9. The number of hydrogen-bond acceptors (Lipinski definition) is 10. The Bertz CT molecular complexity index is 1800. The van der Waals surface area contributed by atoms with Gasteiger partial charge in [-0.05, 0) is 66.2 Å². The van der Waals surface area contributed by atoms with Crippen LogP contribution in [0.2, 0.25) is 0 Å². The molecule has 4 aromatic carbocycles. The lowest BCUT2D eigenvalue weighted by atomic mass is 10.1. The Labute approximate surface area is 268 Å². The zero-order valence-electron chi connectivity index (χ0n) is 25.2. The molecule has 4 aromatic rings. The SMILES string of the molecule is C=C(COc1ccc(C(=O)OC)cc1CS(=O)(=O)c1ccccc1)COc1ccc(C(=O)OC)cc1CS(=O)(=O)c1ccccc1. The number of sulfone groups is 2. The smallest absolute Gasteiger partial charge is 0.337 e. The van der Waals surface area contributed by atoms with Gasteiger partial charge < -0.3 is 18.9 Å². The van der Waals surface area contributed by atoms with Crippen molar-refractivity contribution in [2.45, 2.75) is 21.3 Å². The van der Waals surface area contributed by atoms with Crippen molar-refractivity contribution in [1.29, 1.82) is 0 Å². The number of hydrogen-bond donors (Lipinski definition) is 0.